The average Bonchev–Trinajstić information content (AvgIpc) is 2.69. The van der Waals surface area contributed by atoms with Crippen molar-refractivity contribution in [1.29, 1.82) is 0 Å². The van der Waals surface area contributed by atoms with Crippen LogP contribution in [0.15, 0.2) is 66.7 Å². The molecule has 0 spiro atoms. The van der Waals surface area contributed by atoms with Gasteiger partial charge in [0.1, 0.15) is 23.9 Å². The van der Waals surface area contributed by atoms with E-state index >= 15 is 0 Å². The van der Waals surface area contributed by atoms with Gasteiger partial charge in [0.2, 0.25) is 0 Å². The fourth-order valence-corrected chi connectivity index (χ4v) is 2.66. The van der Waals surface area contributed by atoms with Gasteiger partial charge in [-0.15, -0.1) is 0 Å². The van der Waals surface area contributed by atoms with Gasteiger partial charge in [0.15, 0.2) is 0 Å². The van der Waals surface area contributed by atoms with E-state index in [0.717, 1.165) is 16.9 Å². The molecule has 0 heterocycles. The van der Waals surface area contributed by atoms with Gasteiger partial charge in [-0.05, 0) is 48.9 Å². The van der Waals surface area contributed by atoms with Crippen molar-refractivity contribution in [3.05, 3.63) is 89.2 Å². The van der Waals surface area contributed by atoms with Crippen LogP contribution in [0.3, 0.4) is 0 Å². The molecule has 1 amide bonds. The van der Waals surface area contributed by atoms with Crippen LogP contribution in [0.2, 0.25) is 0 Å². The van der Waals surface area contributed by atoms with Gasteiger partial charge in [-0.1, -0.05) is 30.3 Å². The molecule has 0 saturated heterocycles. The number of rotatable bonds is 6. The molecule has 0 aliphatic carbocycles. The lowest BCUT2D eigenvalue weighted by molar-refractivity contribution is 0.102. The second-order valence-corrected chi connectivity index (χ2v) is 6.01. The van der Waals surface area contributed by atoms with Crippen LogP contribution in [0.5, 0.6) is 11.5 Å². The Bertz CT molecular complexity index is 956. The lowest BCUT2D eigenvalue weighted by atomic mass is 10.1. The molecule has 3 aromatic rings. The lowest BCUT2D eigenvalue weighted by Gasteiger charge is -2.13. The van der Waals surface area contributed by atoms with E-state index in [2.05, 4.69) is 5.32 Å². The zero-order chi connectivity index (χ0) is 19.2. The second kappa shape index (κ2) is 8.36. The molecule has 0 fully saturated rings. The normalized spacial score (nSPS) is 10.3. The van der Waals surface area contributed by atoms with Crippen molar-refractivity contribution in [3.8, 4) is 11.5 Å². The van der Waals surface area contributed by atoms with Crippen molar-refractivity contribution in [3.63, 3.8) is 0 Å². The molecule has 4 nitrogen and oxygen atoms in total. The number of hydrogen-bond acceptors (Lipinski definition) is 3. The van der Waals surface area contributed by atoms with Crippen molar-refractivity contribution < 1.29 is 18.7 Å². The maximum atomic E-state index is 13.8. The monoisotopic (exact) mass is 365 g/mol. The van der Waals surface area contributed by atoms with Crippen molar-refractivity contribution in [2.75, 3.05) is 12.4 Å². The van der Waals surface area contributed by atoms with Crippen molar-refractivity contribution in [2.24, 2.45) is 0 Å². The third kappa shape index (κ3) is 4.44. The number of benzene rings is 3. The van der Waals surface area contributed by atoms with Crippen LogP contribution in [0.4, 0.5) is 10.1 Å². The molecule has 3 rings (SSSR count). The summed E-state index contributed by atoms with van der Waals surface area (Å²) >= 11 is 0. The SMILES string of the molecule is COc1ccc(C(=O)Nc2ccccc2F)cc1COc1ccccc1C. The van der Waals surface area contributed by atoms with Gasteiger partial charge < -0.3 is 14.8 Å². The topological polar surface area (TPSA) is 47.6 Å². The minimum Gasteiger partial charge on any atom is -0.496 e. The fraction of sp³-hybridized carbons (Fsp3) is 0.136. The van der Waals surface area contributed by atoms with Crippen molar-refractivity contribution in [1.82, 2.24) is 0 Å². The molecule has 0 atom stereocenters. The maximum absolute atomic E-state index is 13.8. The van der Waals surface area contributed by atoms with Crippen LogP contribution < -0.4 is 14.8 Å². The number of anilines is 1. The summed E-state index contributed by atoms with van der Waals surface area (Å²) in [6.45, 7) is 2.21. The Kier molecular flexibility index (Phi) is 5.71. The second-order valence-electron chi connectivity index (χ2n) is 6.01. The van der Waals surface area contributed by atoms with Crippen LogP contribution in [-0.4, -0.2) is 13.0 Å². The Morgan fingerprint density at radius 1 is 1.00 bits per heavy atom. The molecule has 0 aliphatic rings. The predicted molar refractivity (Wildman–Crippen MR) is 103 cm³/mol. The van der Waals surface area contributed by atoms with E-state index in [-0.39, 0.29) is 12.3 Å². The summed E-state index contributed by atoms with van der Waals surface area (Å²) in [6, 6.07) is 18.7. The number of nitrogens with one attached hydrogen (secondary N) is 1. The Balaban J connectivity index is 1.79. The number of ether oxygens (including phenoxy) is 2. The first-order valence-electron chi connectivity index (χ1n) is 8.49. The third-order valence-electron chi connectivity index (χ3n) is 4.14. The summed E-state index contributed by atoms with van der Waals surface area (Å²) < 4.78 is 25.0. The van der Waals surface area contributed by atoms with Gasteiger partial charge in [-0.2, -0.15) is 0 Å². The zero-order valence-electron chi connectivity index (χ0n) is 15.2. The quantitative estimate of drug-likeness (QED) is 0.671. The lowest BCUT2D eigenvalue weighted by Crippen LogP contribution is -2.13. The fourth-order valence-electron chi connectivity index (χ4n) is 2.66. The van der Waals surface area contributed by atoms with Gasteiger partial charge in [0.25, 0.3) is 5.91 Å². The van der Waals surface area contributed by atoms with Crippen LogP contribution >= 0.6 is 0 Å². The standard InChI is InChI=1S/C22H20FNO3/c1-15-7-3-6-10-20(15)27-14-17-13-16(11-12-21(17)26-2)22(25)24-19-9-5-4-8-18(19)23/h3-13H,14H2,1-2H3,(H,24,25). The molecule has 0 saturated carbocycles. The summed E-state index contributed by atoms with van der Waals surface area (Å²) in [5, 5.41) is 2.58. The Morgan fingerprint density at radius 2 is 1.74 bits per heavy atom. The number of carbonyl (C=O) groups excluding carboxylic acids is 1. The van der Waals surface area contributed by atoms with Gasteiger partial charge >= 0.3 is 0 Å². The van der Waals surface area contributed by atoms with Crippen molar-refractivity contribution in [2.45, 2.75) is 13.5 Å². The molecule has 1 N–H and O–H groups in total. The van der Waals surface area contributed by atoms with Crippen LogP contribution in [0.25, 0.3) is 0 Å². The highest BCUT2D eigenvalue weighted by Crippen LogP contribution is 2.24. The maximum Gasteiger partial charge on any atom is 0.255 e. The summed E-state index contributed by atoms with van der Waals surface area (Å²) in [4.78, 5) is 12.5. The highest BCUT2D eigenvalue weighted by molar-refractivity contribution is 6.04. The first kappa shape index (κ1) is 18.5. The Hall–Kier alpha value is -3.34. The summed E-state index contributed by atoms with van der Waals surface area (Å²) in [7, 11) is 1.56. The molecular weight excluding hydrogens is 345 g/mol. The molecule has 0 bridgehead atoms. The van der Waals surface area contributed by atoms with Gasteiger partial charge in [-0.3, -0.25) is 4.79 Å². The molecule has 27 heavy (non-hydrogen) atoms. The molecule has 0 radical (unpaired) electrons. The van der Waals surface area contributed by atoms with E-state index in [1.165, 1.54) is 12.1 Å². The molecule has 138 valence electrons. The number of aryl methyl sites for hydroxylation is 1. The van der Waals surface area contributed by atoms with Crippen LogP contribution in [0.1, 0.15) is 21.5 Å². The minimum atomic E-state index is -0.484. The van der Waals surface area contributed by atoms with E-state index < -0.39 is 11.7 Å². The number of carbonyl (C=O) groups is 1. The summed E-state index contributed by atoms with van der Waals surface area (Å²) in [6.07, 6.45) is 0. The number of halogens is 1. The molecule has 3 aromatic carbocycles. The minimum absolute atomic E-state index is 0.135. The third-order valence-corrected chi connectivity index (χ3v) is 4.14. The Labute approximate surface area is 157 Å². The first-order valence-corrected chi connectivity index (χ1v) is 8.49. The van der Waals surface area contributed by atoms with Gasteiger partial charge in [0.05, 0.1) is 12.8 Å². The molecular formula is C22H20FNO3. The van der Waals surface area contributed by atoms with E-state index in [1.54, 1.807) is 37.4 Å². The van der Waals surface area contributed by atoms with Crippen LogP contribution in [0, 0.1) is 12.7 Å². The summed E-state index contributed by atoms with van der Waals surface area (Å²) in [5.74, 6) is 0.495. The van der Waals surface area contributed by atoms with E-state index in [4.69, 9.17) is 9.47 Å². The predicted octanol–water partition coefficient (Wildman–Crippen LogP) is 4.97. The number of hydrogen-bond donors (Lipinski definition) is 1. The van der Waals surface area contributed by atoms with Crippen LogP contribution in [-0.2, 0) is 6.61 Å². The largest absolute Gasteiger partial charge is 0.496 e. The smallest absolute Gasteiger partial charge is 0.255 e. The molecule has 0 aliphatic heterocycles. The highest BCUT2D eigenvalue weighted by atomic mass is 19.1. The van der Waals surface area contributed by atoms with Gasteiger partial charge in [0, 0.05) is 11.1 Å². The zero-order valence-corrected chi connectivity index (χ0v) is 15.2. The molecule has 0 unspecified atom stereocenters. The molecule has 0 aromatic heterocycles. The Morgan fingerprint density at radius 3 is 2.48 bits per heavy atom. The number of para-hydroxylation sites is 2. The van der Waals surface area contributed by atoms with Gasteiger partial charge in [-0.25, -0.2) is 4.39 Å². The first-order chi connectivity index (χ1) is 13.1. The summed E-state index contributed by atoms with van der Waals surface area (Å²) in [5.41, 5.74) is 2.27. The number of amides is 1. The van der Waals surface area contributed by atoms with E-state index in [1.807, 2.05) is 31.2 Å². The van der Waals surface area contributed by atoms with E-state index in [0.29, 0.717) is 11.3 Å². The van der Waals surface area contributed by atoms with Crippen molar-refractivity contribution >= 4 is 11.6 Å². The van der Waals surface area contributed by atoms with E-state index in [9.17, 15) is 9.18 Å². The molecule has 5 heteroatoms. The number of methoxy groups -OCH3 is 1. The highest BCUT2D eigenvalue weighted by Gasteiger charge is 2.13. The average molecular weight is 365 g/mol.